The van der Waals surface area contributed by atoms with Crippen LogP contribution in [0.3, 0.4) is 0 Å². The second kappa shape index (κ2) is 7.91. The average Bonchev–Trinajstić information content (AvgIpc) is 3.30. The maximum Gasteiger partial charge on any atom is 0.332 e. The zero-order valence-electron chi connectivity index (χ0n) is 16.6. The third kappa shape index (κ3) is 3.35. The smallest absolute Gasteiger partial charge is 0.332 e. The van der Waals surface area contributed by atoms with E-state index in [4.69, 9.17) is 5.73 Å². The van der Waals surface area contributed by atoms with Gasteiger partial charge in [-0.05, 0) is 30.7 Å². The van der Waals surface area contributed by atoms with Crippen LogP contribution in [0.2, 0.25) is 0 Å². The molecule has 1 aromatic carbocycles. The SMILES string of the molecule is Cn1c(N)c(C(=O)C[n+]2cc(-c3ccc(F)cc3)n3c2CCC3)c(=O)n(C)c1=O.[Cl-]. The van der Waals surface area contributed by atoms with Crippen LogP contribution < -0.4 is 34.0 Å². The van der Waals surface area contributed by atoms with Crippen molar-refractivity contribution < 1.29 is 26.2 Å². The molecule has 10 heteroatoms. The Bertz CT molecular complexity index is 1260. The van der Waals surface area contributed by atoms with E-state index in [2.05, 4.69) is 4.57 Å². The maximum atomic E-state index is 13.3. The lowest BCUT2D eigenvalue weighted by atomic mass is 10.1. The predicted octanol–water partition coefficient (Wildman–Crippen LogP) is -2.61. The molecular weight excluding hydrogens is 413 g/mol. The van der Waals surface area contributed by atoms with Crippen molar-refractivity contribution in [2.24, 2.45) is 14.1 Å². The molecule has 0 fully saturated rings. The van der Waals surface area contributed by atoms with Gasteiger partial charge in [0.15, 0.2) is 12.2 Å². The number of nitrogen functional groups attached to an aromatic ring is 1. The summed E-state index contributed by atoms with van der Waals surface area (Å²) in [6, 6.07) is 6.19. The van der Waals surface area contributed by atoms with E-state index in [9.17, 15) is 18.8 Å². The minimum absolute atomic E-state index is 0. The van der Waals surface area contributed by atoms with E-state index in [1.807, 2.05) is 6.20 Å². The lowest BCUT2D eigenvalue weighted by Gasteiger charge is -2.10. The van der Waals surface area contributed by atoms with Crippen molar-refractivity contribution in [1.29, 1.82) is 0 Å². The van der Waals surface area contributed by atoms with Crippen LogP contribution in [0.5, 0.6) is 0 Å². The summed E-state index contributed by atoms with van der Waals surface area (Å²) in [7, 11) is 2.74. The number of anilines is 1. The molecule has 0 unspecified atom stereocenters. The van der Waals surface area contributed by atoms with Gasteiger partial charge in [0.25, 0.3) is 11.4 Å². The van der Waals surface area contributed by atoms with E-state index in [0.29, 0.717) is 0 Å². The molecule has 0 aliphatic carbocycles. The summed E-state index contributed by atoms with van der Waals surface area (Å²) < 4.78 is 19.2. The average molecular weight is 434 g/mol. The number of carbonyl (C=O) groups excluding carboxylic acids is 1. The molecule has 0 bridgehead atoms. The van der Waals surface area contributed by atoms with Crippen LogP contribution >= 0.6 is 0 Å². The number of nitrogens with zero attached hydrogens (tertiary/aromatic N) is 4. The monoisotopic (exact) mass is 433 g/mol. The number of nitrogens with two attached hydrogens (primary N) is 1. The van der Waals surface area contributed by atoms with Crippen LogP contribution in [-0.4, -0.2) is 19.5 Å². The Morgan fingerprint density at radius 1 is 1.17 bits per heavy atom. The van der Waals surface area contributed by atoms with Gasteiger partial charge in [-0.1, -0.05) is 0 Å². The van der Waals surface area contributed by atoms with E-state index >= 15 is 0 Å². The minimum Gasteiger partial charge on any atom is -1.00 e. The molecule has 1 aliphatic rings. The van der Waals surface area contributed by atoms with Crippen molar-refractivity contribution in [1.82, 2.24) is 13.7 Å². The second-order valence-corrected chi connectivity index (χ2v) is 7.21. The van der Waals surface area contributed by atoms with Gasteiger partial charge in [0, 0.05) is 19.7 Å². The van der Waals surface area contributed by atoms with E-state index in [0.717, 1.165) is 45.6 Å². The summed E-state index contributed by atoms with van der Waals surface area (Å²) in [5, 5.41) is 0. The molecule has 1 aliphatic heterocycles. The number of imidazole rings is 1. The van der Waals surface area contributed by atoms with Crippen LogP contribution in [0, 0.1) is 5.82 Å². The zero-order valence-corrected chi connectivity index (χ0v) is 17.3. The molecule has 4 rings (SSSR count). The molecule has 0 amide bonds. The third-order valence-corrected chi connectivity index (χ3v) is 5.44. The highest BCUT2D eigenvalue weighted by Crippen LogP contribution is 2.25. The largest absolute Gasteiger partial charge is 1.00 e. The van der Waals surface area contributed by atoms with Crippen molar-refractivity contribution in [3.8, 4) is 11.3 Å². The molecule has 3 heterocycles. The number of Topliss-reactive ketones (excluding diaryl/α,β-unsaturated/α-hetero) is 1. The first kappa shape index (κ1) is 21.5. The standard InChI is InChI=1S/C20H20FN5O3.ClH/c1-23-18(22)17(19(28)24(2)20(23)29)15(27)11-25-10-14(26-9-3-4-16(25)26)12-5-7-13(21)8-6-12;/h5-8,10H,3-4,9,11H2,1-2H3,(H-,22,27,28);1H. The summed E-state index contributed by atoms with van der Waals surface area (Å²) in [6.07, 6.45) is 3.56. The lowest BCUT2D eigenvalue weighted by molar-refractivity contribution is -0.689. The second-order valence-electron chi connectivity index (χ2n) is 7.21. The summed E-state index contributed by atoms with van der Waals surface area (Å²) in [5.74, 6) is 0.0388. The molecule has 0 atom stereocenters. The first-order chi connectivity index (χ1) is 13.8. The molecule has 8 nitrogen and oxygen atoms in total. The topological polar surface area (TPSA) is 95.9 Å². The van der Waals surface area contributed by atoms with Gasteiger partial charge in [-0.3, -0.25) is 18.7 Å². The Balaban J connectivity index is 0.00000256. The Kier molecular flexibility index (Phi) is 5.67. The van der Waals surface area contributed by atoms with Crippen LogP contribution in [0.4, 0.5) is 10.2 Å². The van der Waals surface area contributed by atoms with Crippen molar-refractivity contribution in [2.75, 3.05) is 5.73 Å². The minimum atomic E-state index is -0.703. The molecule has 0 saturated carbocycles. The fourth-order valence-corrected chi connectivity index (χ4v) is 3.85. The summed E-state index contributed by atoms with van der Waals surface area (Å²) in [5.41, 5.74) is 6.16. The Morgan fingerprint density at radius 2 is 1.83 bits per heavy atom. The summed E-state index contributed by atoms with van der Waals surface area (Å²) in [6.45, 7) is 0.723. The lowest BCUT2D eigenvalue weighted by Crippen LogP contribution is -3.00. The Morgan fingerprint density at radius 3 is 2.50 bits per heavy atom. The number of hydrogen-bond donors (Lipinski definition) is 1. The van der Waals surface area contributed by atoms with Crippen LogP contribution in [0.1, 0.15) is 22.6 Å². The number of fused-ring (bicyclic) bond motifs is 1. The molecule has 2 aromatic heterocycles. The molecule has 158 valence electrons. The predicted molar refractivity (Wildman–Crippen MR) is 104 cm³/mol. The summed E-state index contributed by atoms with van der Waals surface area (Å²) >= 11 is 0. The number of rotatable bonds is 4. The number of ketones is 1. The van der Waals surface area contributed by atoms with Crippen LogP contribution in [-0.2, 0) is 33.6 Å². The number of benzene rings is 1. The van der Waals surface area contributed by atoms with Gasteiger partial charge in [-0.2, -0.15) is 0 Å². The van der Waals surface area contributed by atoms with Crippen molar-refractivity contribution in [3.05, 3.63) is 68.5 Å². The van der Waals surface area contributed by atoms with E-state index < -0.39 is 17.0 Å². The highest BCUT2D eigenvalue weighted by Gasteiger charge is 2.31. The number of halogens is 2. The molecule has 0 spiro atoms. The van der Waals surface area contributed by atoms with Crippen molar-refractivity contribution in [2.45, 2.75) is 25.9 Å². The maximum absolute atomic E-state index is 13.3. The van der Waals surface area contributed by atoms with Crippen molar-refractivity contribution in [3.63, 3.8) is 0 Å². The zero-order chi connectivity index (χ0) is 20.9. The molecule has 0 radical (unpaired) electrons. The number of carbonyl (C=O) groups is 1. The van der Waals surface area contributed by atoms with Crippen LogP contribution in [0.15, 0.2) is 40.1 Å². The quantitative estimate of drug-likeness (QED) is 0.360. The van der Waals surface area contributed by atoms with E-state index in [-0.39, 0.29) is 36.2 Å². The van der Waals surface area contributed by atoms with Gasteiger partial charge in [-0.25, -0.2) is 18.3 Å². The fraction of sp³-hybridized carbons (Fsp3) is 0.300. The van der Waals surface area contributed by atoms with E-state index in [1.165, 1.54) is 26.2 Å². The van der Waals surface area contributed by atoms with Gasteiger partial charge in [-0.15, -0.1) is 0 Å². The van der Waals surface area contributed by atoms with Gasteiger partial charge in [0.05, 0.1) is 13.0 Å². The normalized spacial score (nSPS) is 12.5. The highest BCUT2D eigenvalue weighted by molar-refractivity contribution is 5.98. The molecular formula is C20H21ClFN5O3. The van der Waals surface area contributed by atoms with Crippen molar-refractivity contribution >= 4 is 11.6 Å². The molecule has 0 saturated heterocycles. The first-order valence-electron chi connectivity index (χ1n) is 9.26. The number of hydrogen-bond acceptors (Lipinski definition) is 4. The molecule has 3 aromatic rings. The van der Waals surface area contributed by atoms with Crippen LogP contribution in [0.25, 0.3) is 11.3 Å². The molecule has 2 N–H and O–H groups in total. The highest BCUT2D eigenvalue weighted by atomic mass is 35.5. The van der Waals surface area contributed by atoms with Gasteiger partial charge in [0.1, 0.15) is 23.4 Å². The van der Waals surface area contributed by atoms with E-state index in [1.54, 1.807) is 16.7 Å². The Labute approximate surface area is 177 Å². The first-order valence-corrected chi connectivity index (χ1v) is 9.26. The van der Waals surface area contributed by atoms with Gasteiger partial charge >= 0.3 is 5.69 Å². The van der Waals surface area contributed by atoms with Gasteiger partial charge in [0.2, 0.25) is 5.78 Å². The fourth-order valence-electron chi connectivity index (χ4n) is 3.85. The summed E-state index contributed by atoms with van der Waals surface area (Å²) in [4.78, 5) is 37.4. The molecule has 30 heavy (non-hydrogen) atoms. The third-order valence-electron chi connectivity index (χ3n) is 5.44. The Hall–Kier alpha value is -3.20. The van der Waals surface area contributed by atoms with Gasteiger partial charge < -0.3 is 18.1 Å². The number of aromatic nitrogens is 4.